The molecule has 2 aliphatic rings. The number of aryl methyl sites for hydroxylation is 2. The molecule has 0 bridgehead atoms. The Morgan fingerprint density at radius 2 is 2.05 bits per heavy atom. The Balaban J connectivity index is 1.50. The topological polar surface area (TPSA) is 28.2 Å². The van der Waals surface area contributed by atoms with Crippen molar-refractivity contribution in [3.05, 3.63) is 29.1 Å². The molecule has 0 unspecified atom stereocenters. The van der Waals surface area contributed by atoms with E-state index in [1.165, 1.54) is 62.1 Å². The highest BCUT2D eigenvalue weighted by atomic mass is 15.1. The highest BCUT2D eigenvalue weighted by Crippen LogP contribution is 2.29. The number of hydrogen-bond donors (Lipinski definition) is 1. The summed E-state index contributed by atoms with van der Waals surface area (Å²) < 4.78 is 0. The van der Waals surface area contributed by atoms with Gasteiger partial charge in [-0.05, 0) is 69.3 Å². The number of pyridine rings is 1. The molecule has 0 saturated carbocycles. The van der Waals surface area contributed by atoms with Crippen LogP contribution in [0.5, 0.6) is 0 Å². The second-order valence-electron chi connectivity index (χ2n) is 6.98. The van der Waals surface area contributed by atoms with Crippen molar-refractivity contribution in [2.24, 2.45) is 5.41 Å². The fourth-order valence-corrected chi connectivity index (χ4v) is 3.39. The Bertz CT molecular complexity index is 461. The molecule has 1 aromatic rings. The van der Waals surface area contributed by atoms with Crippen LogP contribution in [0.2, 0.25) is 0 Å². The van der Waals surface area contributed by atoms with E-state index in [0.29, 0.717) is 5.41 Å². The summed E-state index contributed by atoms with van der Waals surface area (Å²) >= 11 is 0. The van der Waals surface area contributed by atoms with E-state index >= 15 is 0 Å². The molecule has 3 nitrogen and oxygen atoms in total. The lowest BCUT2D eigenvalue weighted by atomic mass is 9.80. The highest BCUT2D eigenvalue weighted by Gasteiger charge is 2.28. The van der Waals surface area contributed by atoms with Gasteiger partial charge >= 0.3 is 0 Å². The summed E-state index contributed by atoms with van der Waals surface area (Å²) in [4.78, 5) is 7.23. The van der Waals surface area contributed by atoms with E-state index in [4.69, 9.17) is 4.98 Å². The first-order chi connectivity index (χ1) is 9.65. The van der Waals surface area contributed by atoms with Crippen molar-refractivity contribution in [2.75, 3.05) is 26.7 Å². The quantitative estimate of drug-likeness (QED) is 0.913. The largest absolute Gasteiger partial charge is 0.311 e. The van der Waals surface area contributed by atoms with Crippen LogP contribution >= 0.6 is 0 Å². The maximum absolute atomic E-state index is 4.80. The average molecular weight is 273 g/mol. The molecule has 20 heavy (non-hydrogen) atoms. The smallest absolute Gasteiger partial charge is 0.0545 e. The monoisotopic (exact) mass is 273 g/mol. The lowest BCUT2D eigenvalue weighted by Gasteiger charge is -2.38. The van der Waals surface area contributed by atoms with Gasteiger partial charge in [0.1, 0.15) is 0 Å². The van der Waals surface area contributed by atoms with Crippen LogP contribution in [0.3, 0.4) is 0 Å². The fourth-order valence-electron chi connectivity index (χ4n) is 3.39. The van der Waals surface area contributed by atoms with Gasteiger partial charge in [-0.1, -0.05) is 13.0 Å². The van der Waals surface area contributed by atoms with Crippen LogP contribution in [0.1, 0.15) is 43.1 Å². The first-order valence-electron chi connectivity index (χ1n) is 8.02. The van der Waals surface area contributed by atoms with Crippen LogP contribution in [0.25, 0.3) is 0 Å². The van der Waals surface area contributed by atoms with E-state index in [0.717, 1.165) is 13.1 Å². The summed E-state index contributed by atoms with van der Waals surface area (Å²) in [5, 5.41) is 3.64. The van der Waals surface area contributed by atoms with Crippen molar-refractivity contribution in [1.82, 2.24) is 15.2 Å². The third-order valence-corrected chi connectivity index (χ3v) is 5.04. The average Bonchev–Trinajstić information content (AvgIpc) is 2.90. The van der Waals surface area contributed by atoms with Gasteiger partial charge < -0.3 is 10.2 Å². The molecule has 2 heterocycles. The molecule has 110 valence electrons. The van der Waals surface area contributed by atoms with Crippen molar-refractivity contribution >= 4 is 0 Å². The number of nitrogens with one attached hydrogen (secondary N) is 1. The van der Waals surface area contributed by atoms with Gasteiger partial charge in [-0.3, -0.25) is 4.98 Å². The van der Waals surface area contributed by atoms with E-state index in [1.807, 2.05) is 0 Å². The fraction of sp³-hybridized carbons (Fsp3) is 0.706. The lowest BCUT2D eigenvalue weighted by Crippen LogP contribution is -2.41. The molecule has 0 amide bonds. The molecule has 3 heteroatoms. The van der Waals surface area contributed by atoms with E-state index in [1.54, 1.807) is 0 Å². The molecule has 1 aliphatic heterocycles. The third kappa shape index (κ3) is 3.21. The molecule has 1 aliphatic carbocycles. The molecule has 0 spiro atoms. The predicted octanol–water partition coefficient (Wildman–Crippen LogP) is 2.39. The number of nitrogens with zero attached hydrogens (tertiary/aromatic N) is 2. The zero-order chi connectivity index (χ0) is 14.0. The minimum atomic E-state index is 0.462. The van der Waals surface area contributed by atoms with Gasteiger partial charge in [0.15, 0.2) is 0 Å². The summed E-state index contributed by atoms with van der Waals surface area (Å²) in [5.41, 5.74) is 4.48. The summed E-state index contributed by atoms with van der Waals surface area (Å²) in [6.45, 7) is 6.91. The molecule has 1 N–H and O–H groups in total. The Morgan fingerprint density at radius 1 is 1.25 bits per heavy atom. The van der Waals surface area contributed by atoms with Crippen LogP contribution in [0, 0.1) is 5.41 Å². The first-order valence-corrected chi connectivity index (χ1v) is 8.02. The van der Waals surface area contributed by atoms with Crippen LogP contribution in [-0.4, -0.2) is 36.6 Å². The van der Waals surface area contributed by atoms with Gasteiger partial charge in [0, 0.05) is 18.8 Å². The van der Waals surface area contributed by atoms with E-state index in [2.05, 4.69) is 36.3 Å². The summed E-state index contributed by atoms with van der Waals surface area (Å²) in [6.07, 6.45) is 6.28. The minimum Gasteiger partial charge on any atom is -0.311 e. The zero-order valence-corrected chi connectivity index (χ0v) is 12.9. The van der Waals surface area contributed by atoms with Gasteiger partial charge in [-0.25, -0.2) is 0 Å². The standard InChI is InChI=1S/C17H27N3/c1-17(8-10-20(2)11-9-17)13-18-12-15-7-6-14-4-3-5-16(14)19-15/h6-7,18H,3-5,8-13H2,1-2H3. The molecule has 1 saturated heterocycles. The van der Waals surface area contributed by atoms with E-state index in [9.17, 15) is 0 Å². The number of aromatic nitrogens is 1. The molecular formula is C17H27N3. The van der Waals surface area contributed by atoms with Gasteiger partial charge in [0.2, 0.25) is 0 Å². The molecule has 0 radical (unpaired) electrons. The van der Waals surface area contributed by atoms with Crippen molar-refractivity contribution < 1.29 is 0 Å². The zero-order valence-electron chi connectivity index (χ0n) is 12.9. The number of likely N-dealkylation sites (tertiary alicyclic amines) is 1. The van der Waals surface area contributed by atoms with Crippen LogP contribution < -0.4 is 5.32 Å². The molecular weight excluding hydrogens is 246 g/mol. The van der Waals surface area contributed by atoms with E-state index < -0.39 is 0 Å². The molecule has 1 fully saturated rings. The van der Waals surface area contributed by atoms with Crippen molar-refractivity contribution in [3.63, 3.8) is 0 Å². The van der Waals surface area contributed by atoms with E-state index in [-0.39, 0.29) is 0 Å². The molecule has 1 aromatic heterocycles. The van der Waals surface area contributed by atoms with Crippen molar-refractivity contribution in [1.29, 1.82) is 0 Å². The van der Waals surface area contributed by atoms with Gasteiger partial charge in [-0.15, -0.1) is 0 Å². The summed E-state index contributed by atoms with van der Waals surface area (Å²) in [7, 11) is 2.22. The maximum Gasteiger partial charge on any atom is 0.0545 e. The van der Waals surface area contributed by atoms with Gasteiger partial charge in [-0.2, -0.15) is 0 Å². The molecule has 0 aromatic carbocycles. The Hall–Kier alpha value is -0.930. The van der Waals surface area contributed by atoms with Crippen LogP contribution in [-0.2, 0) is 19.4 Å². The molecule has 0 atom stereocenters. The van der Waals surface area contributed by atoms with Crippen molar-refractivity contribution in [3.8, 4) is 0 Å². The first kappa shape index (κ1) is 14.0. The maximum atomic E-state index is 4.80. The predicted molar refractivity (Wildman–Crippen MR) is 82.8 cm³/mol. The Kier molecular flexibility index (Phi) is 4.08. The Morgan fingerprint density at radius 3 is 2.85 bits per heavy atom. The lowest BCUT2D eigenvalue weighted by molar-refractivity contribution is 0.136. The SMILES string of the molecule is CN1CCC(C)(CNCc2ccc3c(n2)CCC3)CC1. The number of hydrogen-bond acceptors (Lipinski definition) is 3. The van der Waals surface area contributed by atoms with Crippen LogP contribution in [0.15, 0.2) is 12.1 Å². The summed E-state index contributed by atoms with van der Waals surface area (Å²) in [6, 6.07) is 4.48. The second-order valence-corrected chi connectivity index (χ2v) is 6.98. The minimum absolute atomic E-state index is 0.462. The number of rotatable bonds is 4. The third-order valence-electron chi connectivity index (χ3n) is 5.04. The van der Waals surface area contributed by atoms with Crippen LogP contribution in [0.4, 0.5) is 0 Å². The number of fused-ring (bicyclic) bond motifs is 1. The normalized spacial score (nSPS) is 21.9. The van der Waals surface area contributed by atoms with Gasteiger partial charge in [0.25, 0.3) is 0 Å². The second kappa shape index (κ2) is 5.82. The Labute approximate surface area is 122 Å². The van der Waals surface area contributed by atoms with Crippen molar-refractivity contribution in [2.45, 2.75) is 45.6 Å². The summed E-state index contributed by atoms with van der Waals surface area (Å²) in [5.74, 6) is 0. The highest BCUT2D eigenvalue weighted by molar-refractivity contribution is 5.27. The number of piperidine rings is 1. The molecule has 3 rings (SSSR count). The van der Waals surface area contributed by atoms with Gasteiger partial charge in [0.05, 0.1) is 5.69 Å².